The van der Waals surface area contributed by atoms with Gasteiger partial charge in [-0.25, -0.2) is 0 Å². The summed E-state index contributed by atoms with van der Waals surface area (Å²) < 4.78 is 111. The molecule has 0 aliphatic rings. The van der Waals surface area contributed by atoms with E-state index in [4.69, 9.17) is 9.11 Å². The van der Waals surface area contributed by atoms with Crippen molar-refractivity contribution >= 4 is 40.5 Å². The third kappa shape index (κ3) is 14.9. The average Bonchev–Trinajstić information content (AvgIpc) is 2.20. The number of unbranched alkanes of at least 4 members (excludes halogenated alkanes) is 2. The molecule has 0 unspecified atom stereocenters. The summed E-state index contributed by atoms with van der Waals surface area (Å²) in [5.41, 5.74) is 0. The van der Waals surface area contributed by atoms with Crippen molar-refractivity contribution < 1.29 is 51.1 Å². The Labute approximate surface area is 134 Å². The first kappa shape index (κ1) is 22.6. The molecule has 16 heteroatoms. The third-order valence-corrected chi connectivity index (χ3v) is 7.64. The molecule has 23 heavy (non-hydrogen) atoms. The number of hydrogen-bond donors (Lipinski definition) is 2. The Balaban J connectivity index is 3.96. The van der Waals surface area contributed by atoms with E-state index in [0.29, 0.717) is 0 Å². The Hall–Kier alpha value is -0.360. The van der Waals surface area contributed by atoms with E-state index in [0.717, 1.165) is 0 Å². The summed E-state index contributed by atoms with van der Waals surface area (Å²) in [6, 6.07) is 0. The highest BCUT2D eigenvalue weighted by Gasteiger charge is 2.21. The first-order valence-corrected chi connectivity index (χ1v) is 12.1. The normalized spacial score (nSPS) is 14.0. The Kier molecular flexibility index (Phi) is 8.52. The molecule has 2 N–H and O–H groups in total. The molecular weight excluding hydrogens is 404 g/mol. The molecular formula is C7H16O12S4. The summed E-state index contributed by atoms with van der Waals surface area (Å²) in [6.45, 7) is -0.786. The smallest absolute Gasteiger partial charge is 0.284 e. The summed E-state index contributed by atoms with van der Waals surface area (Å²) >= 11 is 0. The van der Waals surface area contributed by atoms with Gasteiger partial charge in [0.05, 0.1) is 13.2 Å². The van der Waals surface area contributed by atoms with Crippen LogP contribution in [0.3, 0.4) is 0 Å². The van der Waals surface area contributed by atoms with E-state index in [-0.39, 0.29) is 19.3 Å². The number of hydrogen-bond acceptors (Lipinski definition) is 10. The van der Waals surface area contributed by atoms with Crippen LogP contribution in [0.5, 0.6) is 0 Å². The van der Waals surface area contributed by atoms with Gasteiger partial charge in [-0.15, -0.1) is 0 Å². The molecule has 0 radical (unpaired) electrons. The van der Waals surface area contributed by atoms with Gasteiger partial charge in [0.25, 0.3) is 40.5 Å². The molecule has 0 saturated heterocycles. The first-order valence-electron chi connectivity index (χ1n) is 5.76. The molecule has 0 atom stereocenters. The highest BCUT2D eigenvalue weighted by molar-refractivity contribution is 8.03. The second kappa shape index (κ2) is 8.65. The Morgan fingerprint density at radius 1 is 0.565 bits per heavy atom. The minimum absolute atomic E-state index is 0.104. The van der Waals surface area contributed by atoms with E-state index in [1.807, 2.05) is 0 Å². The van der Waals surface area contributed by atoms with E-state index in [1.165, 1.54) is 0 Å². The van der Waals surface area contributed by atoms with E-state index in [9.17, 15) is 33.7 Å². The van der Waals surface area contributed by atoms with Crippen molar-refractivity contribution in [2.45, 2.75) is 19.3 Å². The molecule has 0 aromatic heterocycles. The molecule has 0 saturated carbocycles. The number of rotatable bonds is 12. The van der Waals surface area contributed by atoms with Crippen LogP contribution in [0, 0.1) is 0 Å². The van der Waals surface area contributed by atoms with E-state index >= 15 is 0 Å². The van der Waals surface area contributed by atoms with Gasteiger partial charge in [0.15, 0.2) is 0 Å². The second-order valence-corrected chi connectivity index (χ2v) is 11.1. The van der Waals surface area contributed by atoms with E-state index in [2.05, 4.69) is 8.37 Å². The zero-order chi connectivity index (χ0) is 18.4. The summed E-state index contributed by atoms with van der Waals surface area (Å²) in [6.07, 6.45) is 0.432. The third-order valence-electron chi connectivity index (χ3n) is 1.90. The van der Waals surface area contributed by atoms with Crippen LogP contribution in [-0.4, -0.2) is 66.2 Å². The zero-order valence-corrected chi connectivity index (χ0v) is 14.8. The lowest BCUT2D eigenvalue weighted by Crippen LogP contribution is -2.19. The van der Waals surface area contributed by atoms with Crippen molar-refractivity contribution in [1.82, 2.24) is 0 Å². The lowest BCUT2D eigenvalue weighted by Gasteiger charge is -2.05. The maximum absolute atomic E-state index is 11.1. The fraction of sp³-hybridized carbons (Fsp3) is 1.00. The molecule has 0 aromatic carbocycles. The van der Waals surface area contributed by atoms with Gasteiger partial charge in [-0.3, -0.25) is 17.5 Å². The average molecular weight is 420 g/mol. The first-order chi connectivity index (χ1) is 10.1. The largest absolute Gasteiger partial charge is 0.285 e. The lowest BCUT2D eigenvalue weighted by molar-refractivity contribution is 0.285. The fourth-order valence-electron chi connectivity index (χ4n) is 1.19. The fourth-order valence-corrected chi connectivity index (χ4v) is 5.39. The van der Waals surface area contributed by atoms with Crippen molar-refractivity contribution in [3.63, 3.8) is 0 Å². The van der Waals surface area contributed by atoms with Crippen molar-refractivity contribution in [2.75, 3.05) is 23.4 Å². The van der Waals surface area contributed by atoms with Crippen LogP contribution in [0.2, 0.25) is 0 Å². The van der Waals surface area contributed by atoms with Gasteiger partial charge in [0.2, 0.25) is 10.2 Å². The van der Waals surface area contributed by atoms with Crippen molar-refractivity contribution in [1.29, 1.82) is 0 Å². The minimum atomic E-state index is -4.73. The van der Waals surface area contributed by atoms with Crippen molar-refractivity contribution in [2.24, 2.45) is 0 Å². The van der Waals surface area contributed by atoms with Gasteiger partial charge in [0, 0.05) is 0 Å². The van der Waals surface area contributed by atoms with Gasteiger partial charge in [-0.2, -0.15) is 33.7 Å². The molecule has 0 heterocycles. The molecule has 0 amide bonds. The summed E-state index contributed by atoms with van der Waals surface area (Å²) in [4.78, 5) is 0. The van der Waals surface area contributed by atoms with Gasteiger partial charge in [-0.05, 0) is 19.3 Å². The standard InChI is InChI=1S/C7H16O12S4/c8-20(9,10)6-22(14,15)18-4-2-1-3-5-19-23(16,17)7-21(11,12)13/h1-7H2,(H,8,9,10)(H,11,12,13). The molecule has 0 aliphatic carbocycles. The van der Waals surface area contributed by atoms with Crippen LogP contribution in [0.4, 0.5) is 0 Å². The van der Waals surface area contributed by atoms with Crippen LogP contribution in [0.25, 0.3) is 0 Å². The predicted molar refractivity (Wildman–Crippen MR) is 76.4 cm³/mol. The van der Waals surface area contributed by atoms with Crippen molar-refractivity contribution in [3.8, 4) is 0 Å². The van der Waals surface area contributed by atoms with Crippen LogP contribution < -0.4 is 0 Å². The molecule has 12 nitrogen and oxygen atoms in total. The maximum atomic E-state index is 11.1. The highest BCUT2D eigenvalue weighted by Crippen LogP contribution is 2.05. The summed E-state index contributed by atoms with van der Waals surface area (Å²) in [7, 11) is -18.3. The molecule has 0 rings (SSSR count). The molecule has 140 valence electrons. The Morgan fingerprint density at radius 2 is 0.870 bits per heavy atom. The van der Waals surface area contributed by atoms with Crippen LogP contribution in [0.15, 0.2) is 0 Å². The van der Waals surface area contributed by atoms with Gasteiger partial charge >= 0.3 is 0 Å². The zero-order valence-electron chi connectivity index (χ0n) is 11.6. The quantitative estimate of drug-likeness (QED) is 0.212. The Morgan fingerprint density at radius 3 is 1.13 bits per heavy atom. The van der Waals surface area contributed by atoms with E-state index < -0.39 is 63.9 Å². The molecule has 0 fully saturated rings. The second-order valence-electron chi connectivity index (χ2n) is 4.22. The van der Waals surface area contributed by atoms with Gasteiger partial charge in [-0.1, -0.05) is 0 Å². The van der Waals surface area contributed by atoms with E-state index in [1.54, 1.807) is 0 Å². The van der Waals surface area contributed by atoms with Crippen molar-refractivity contribution in [3.05, 3.63) is 0 Å². The topological polar surface area (TPSA) is 195 Å². The van der Waals surface area contributed by atoms with Crippen LogP contribution in [-0.2, 0) is 48.8 Å². The van der Waals surface area contributed by atoms with Gasteiger partial charge < -0.3 is 0 Å². The molecule has 0 bridgehead atoms. The predicted octanol–water partition coefficient (Wildman–Crippen LogP) is -1.46. The molecule has 0 aliphatic heterocycles. The maximum Gasteiger partial charge on any atom is 0.284 e. The summed E-state index contributed by atoms with van der Waals surface area (Å²) in [5, 5.41) is -3.14. The highest BCUT2D eigenvalue weighted by atomic mass is 32.3. The minimum Gasteiger partial charge on any atom is -0.285 e. The molecule has 0 aromatic rings. The van der Waals surface area contributed by atoms with Crippen LogP contribution in [0.1, 0.15) is 19.3 Å². The summed E-state index contributed by atoms with van der Waals surface area (Å²) in [5.74, 6) is 0. The lowest BCUT2D eigenvalue weighted by atomic mass is 10.2. The Bertz CT molecular complexity index is 704. The SMILES string of the molecule is O=S(=O)(O)CS(=O)(=O)OCCCCCOS(=O)(=O)CS(=O)(=O)O. The van der Waals surface area contributed by atoms with Crippen LogP contribution >= 0.6 is 0 Å². The van der Waals surface area contributed by atoms with Gasteiger partial charge in [0.1, 0.15) is 0 Å². The molecule has 0 spiro atoms. The monoisotopic (exact) mass is 420 g/mol.